The summed E-state index contributed by atoms with van der Waals surface area (Å²) in [4.78, 5) is 290. The average Bonchev–Trinajstić information content (AvgIpc) is 1.63. The number of aromatic amines is 1. The van der Waals surface area contributed by atoms with Crippen molar-refractivity contribution in [3.63, 3.8) is 0 Å². The number of aliphatic hydroxyl groups is 1. The van der Waals surface area contributed by atoms with Gasteiger partial charge in [-0.05, 0) is 122 Å². The molecule has 3 saturated heterocycles. The minimum Gasteiger partial charge on any atom is -0.508 e. The number of carbonyl (C=O) groups excluding carboxylic acids is 18. The number of aromatic nitrogens is 2. The van der Waals surface area contributed by atoms with Crippen LogP contribution in [0.2, 0.25) is 0 Å². The predicted molar refractivity (Wildman–Crippen MR) is 558 cm³/mol. The number of thioether (sulfide) groups is 1. The third-order valence-electron chi connectivity index (χ3n) is 27.1. The maximum atomic E-state index is 16.1. The smallest absolute Gasteiger partial charge is 0.323 e. The molecule has 44 heteroatoms. The predicted octanol–water partition coefficient (Wildman–Crippen LogP) is 1.14. The lowest BCUT2D eigenvalue weighted by Gasteiger charge is -2.36. The summed E-state index contributed by atoms with van der Waals surface area (Å²) in [5.41, 5.74) is 21.4. The molecular formula is C106H143N21O22S. The van der Waals surface area contributed by atoms with E-state index in [2.05, 4.69) is 63.5 Å². The topological polar surface area (TPSA) is 632 Å². The fourth-order valence-corrected chi connectivity index (χ4v) is 19.9. The van der Waals surface area contributed by atoms with E-state index in [1.807, 2.05) is 50.2 Å². The Bertz CT molecular complexity index is 5910. The molecule has 5 heterocycles. The van der Waals surface area contributed by atoms with Crippen molar-refractivity contribution in [3.05, 3.63) is 174 Å². The fourth-order valence-electron chi connectivity index (χ4n) is 19.1. The number of benzene rings is 5. The standard InChI is InChI=1S/C106H143N21O22S/c1-11-13-33-84-99(142)115-75(44-60(3)4)96(139)121-82(94(137)112-54-89(109)131)58-150-59-91(133)113-78(46-63-37-39-68(128)40-38-63)102(145)122(8)62(7)93(136)117-80(51-88(108)130)104(147)126-43-25-36-85(126)100(143)120-81(53-111-90(132)50-72(64-26-17-15-18-27-64)65-28-19-16-20-29-65)98(141)118-77(45-61(5)6)105(148)127-56-69(129)49-87(127)101(144)116-76(47-66-52-110-73-32-23-21-30-70(66)73)97(140)114-74(41-42-107)95(138)119-79(103(146)124(10)86(34-14-12-2)106(149)123(84)9)48-67-55-125(57-92(134)135)83-35-24-22-31-71(67)83/h15-24,26-32,35,37-40,52,55,60-62,69,72,74-82,84-87,110,128-129H,11-14,25,33-34,36,41-51,53-54,56-59,107H2,1-10H3,(H2,108,130)(H2,109,131)(H,111,132)(H,112,137)(H,113,133)(H,114,140)(H,115,142)(H,116,144)(H,117,136)(H,118,141)(H,119,138)(H,120,143)(H,121,139)(H,134,135)/t62-,69+,74-,75-,76-,77-,78-,79-,80-,81-,82-,84-,85-,86-,87-/m0/s1. The monoisotopic (exact) mass is 2090 g/mol. The zero-order chi connectivity index (χ0) is 109. The van der Waals surface area contributed by atoms with Crippen LogP contribution in [0.3, 0.4) is 0 Å². The zero-order valence-corrected chi connectivity index (χ0v) is 87.2. The molecule has 150 heavy (non-hydrogen) atoms. The van der Waals surface area contributed by atoms with Crippen LogP contribution in [0.1, 0.15) is 172 Å². The number of aromatic hydroxyl groups is 1. The van der Waals surface area contributed by atoms with Gasteiger partial charge in [0.1, 0.15) is 96.9 Å². The number of nitrogens with one attached hydrogen (secondary N) is 12. The number of phenols is 1. The molecule has 0 radical (unpaired) electrons. The van der Waals surface area contributed by atoms with Crippen molar-refractivity contribution in [3.8, 4) is 5.75 Å². The van der Waals surface area contributed by atoms with Crippen LogP contribution < -0.4 is 75.7 Å². The number of rotatable bonds is 31. The van der Waals surface area contributed by atoms with Crippen molar-refractivity contribution >= 4 is 146 Å². The number of unbranched alkanes of at least 4 members (excludes halogenated alkanes) is 2. The van der Waals surface area contributed by atoms with Crippen LogP contribution in [0, 0.1) is 11.8 Å². The molecule has 7 aromatic rings. The molecule has 0 bridgehead atoms. The van der Waals surface area contributed by atoms with E-state index in [1.165, 1.54) is 63.1 Å². The minimum absolute atomic E-state index is 0.00836. The molecule has 0 aliphatic carbocycles. The minimum atomic E-state index is -1.84. The number of hydrogen-bond donors (Lipinski definition) is 18. The maximum absolute atomic E-state index is 16.1. The zero-order valence-electron chi connectivity index (χ0n) is 86.3. The van der Waals surface area contributed by atoms with E-state index in [0.717, 1.165) is 47.4 Å². The number of nitrogens with zero attached hydrogens (tertiary/aromatic N) is 6. The first-order valence-corrected chi connectivity index (χ1v) is 52.0. The number of carboxylic acid groups (broad SMARTS) is 1. The van der Waals surface area contributed by atoms with Crippen molar-refractivity contribution in [1.82, 2.24) is 92.5 Å². The summed E-state index contributed by atoms with van der Waals surface area (Å²) in [6.45, 7) is 9.01. The van der Waals surface area contributed by atoms with Crippen LogP contribution in [0.25, 0.3) is 21.8 Å². The van der Waals surface area contributed by atoms with Crippen molar-refractivity contribution < 1.29 is 106 Å². The first-order valence-electron chi connectivity index (χ1n) is 50.9. The van der Waals surface area contributed by atoms with E-state index in [9.17, 15) is 53.7 Å². The number of aliphatic carboxylic acids is 1. The van der Waals surface area contributed by atoms with Crippen LogP contribution in [0.15, 0.2) is 146 Å². The van der Waals surface area contributed by atoms with E-state index in [1.54, 1.807) is 107 Å². The number of primary amides is 2. The second-order valence-electron chi connectivity index (χ2n) is 39.5. The normalized spacial score (nSPS) is 23.5. The molecule has 21 N–H and O–H groups in total. The number of amides is 18. The second-order valence-corrected chi connectivity index (χ2v) is 40.5. The SMILES string of the molecule is CCCC[C@H]1C(=O)N(C)[C@@H](CCCC)C(=O)N[C@@H](CC(C)C)C(=O)N[C@H](C(=O)NCC(N)=O)CSCC(=O)N[C@@H](Cc2ccc(O)cc2)C(=O)N(C)[C@@H](C)C(=O)N[C@@H](CC(N)=O)C(=O)N2CCC[C@H]2C(=O)N[C@@H](CNC(=O)CC(c2ccccc2)c2ccccc2)C(=O)N[C@@H](CC(C)C)C(=O)N2C[C@H](O)C[C@H]2C(=O)N[C@@H](Cc2c[nH]c3ccccc23)C(=O)N[C@@H](CCN)C(=O)N[C@@H](Cc2cn(CC(=O)O)c3ccccc23)C(=O)N1C. The highest BCUT2D eigenvalue weighted by molar-refractivity contribution is 8.00. The summed E-state index contributed by atoms with van der Waals surface area (Å²) in [5, 5.41) is 63.0. The van der Waals surface area contributed by atoms with E-state index in [0.29, 0.717) is 64.2 Å². The number of para-hydroxylation sites is 2. The highest BCUT2D eigenvalue weighted by Crippen LogP contribution is 2.32. The van der Waals surface area contributed by atoms with E-state index < -0.39 is 265 Å². The van der Waals surface area contributed by atoms with Crippen LogP contribution >= 0.6 is 11.8 Å². The van der Waals surface area contributed by atoms with E-state index in [-0.39, 0.29) is 95.4 Å². The molecule has 0 unspecified atom stereocenters. The Balaban J connectivity index is 1.05. The number of carboxylic acids is 1. The largest absolute Gasteiger partial charge is 0.508 e. The summed E-state index contributed by atoms with van der Waals surface area (Å²) in [6.07, 6.45) is 0.228. The average molecular weight is 2100 g/mol. The number of carbonyl (C=O) groups is 19. The van der Waals surface area contributed by atoms with Gasteiger partial charge in [0.25, 0.3) is 0 Å². The van der Waals surface area contributed by atoms with Gasteiger partial charge in [0.15, 0.2) is 0 Å². The Hall–Kier alpha value is -14.8. The third-order valence-corrected chi connectivity index (χ3v) is 28.2. The van der Waals surface area contributed by atoms with Crippen molar-refractivity contribution in [1.29, 1.82) is 0 Å². The Labute approximate surface area is 874 Å². The molecule has 3 fully saturated rings. The van der Waals surface area contributed by atoms with Crippen molar-refractivity contribution in [2.45, 2.75) is 261 Å². The van der Waals surface area contributed by atoms with Crippen LogP contribution in [-0.4, -0.2) is 318 Å². The summed E-state index contributed by atoms with van der Waals surface area (Å²) >= 11 is 0.778. The van der Waals surface area contributed by atoms with Gasteiger partial charge < -0.3 is 125 Å². The molecular weight excluding hydrogens is 1950 g/mol. The van der Waals surface area contributed by atoms with Gasteiger partial charge >= 0.3 is 5.97 Å². The number of H-pyrrole nitrogens is 1. The van der Waals surface area contributed by atoms with Crippen LogP contribution in [0.5, 0.6) is 5.75 Å². The molecule has 3 aliphatic heterocycles. The van der Waals surface area contributed by atoms with Gasteiger partial charge in [0.2, 0.25) is 106 Å². The number of nitrogens with two attached hydrogens (primary N) is 3. The van der Waals surface area contributed by atoms with Crippen molar-refractivity contribution in [2.24, 2.45) is 29.0 Å². The molecule has 5 aromatic carbocycles. The lowest BCUT2D eigenvalue weighted by atomic mass is 9.88. The van der Waals surface area contributed by atoms with Crippen molar-refractivity contribution in [2.75, 3.05) is 65.4 Å². The second kappa shape index (κ2) is 56.0. The lowest BCUT2D eigenvalue weighted by molar-refractivity contribution is -0.149. The highest BCUT2D eigenvalue weighted by Gasteiger charge is 2.47. The number of aliphatic hydroxyl groups excluding tert-OH is 1. The van der Waals surface area contributed by atoms with Gasteiger partial charge in [-0.1, -0.05) is 176 Å². The first kappa shape index (κ1) is 117. The molecule has 18 amide bonds. The summed E-state index contributed by atoms with van der Waals surface area (Å²) in [7, 11) is 3.91. The number of phenolic OH excluding ortho intramolecular Hbond substituents is 1. The molecule has 810 valence electrons. The van der Waals surface area contributed by atoms with Gasteiger partial charge in [-0.3, -0.25) is 91.1 Å². The molecule has 15 atom stereocenters. The maximum Gasteiger partial charge on any atom is 0.323 e. The van der Waals surface area contributed by atoms with Gasteiger partial charge in [-0.15, -0.1) is 11.8 Å². The molecule has 10 rings (SSSR count). The lowest BCUT2D eigenvalue weighted by Crippen LogP contribution is -2.62. The Morgan fingerprint density at radius 2 is 1.05 bits per heavy atom. The highest BCUT2D eigenvalue weighted by atomic mass is 32.2. The molecule has 2 aromatic heterocycles. The summed E-state index contributed by atoms with van der Waals surface area (Å²) in [5.74, 6) is -20.6. The fraction of sp³-hybridized carbons (Fsp3) is 0.500. The Morgan fingerprint density at radius 3 is 1.68 bits per heavy atom. The molecule has 43 nitrogen and oxygen atoms in total. The van der Waals surface area contributed by atoms with Gasteiger partial charge in [-0.2, -0.15) is 0 Å². The first-order chi connectivity index (χ1) is 71.5. The van der Waals surface area contributed by atoms with Crippen LogP contribution in [-0.2, 0) is 117 Å². The third kappa shape index (κ3) is 32.6. The van der Waals surface area contributed by atoms with Gasteiger partial charge in [0.05, 0.1) is 24.8 Å². The van der Waals surface area contributed by atoms with Gasteiger partial charge in [-0.25, -0.2) is 0 Å². The Kier molecular flexibility index (Phi) is 43.7. The summed E-state index contributed by atoms with van der Waals surface area (Å²) < 4.78 is 1.44. The quantitative estimate of drug-likeness (QED) is 0.0290. The van der Waals surface area contributed by atoms with Crippen LogP contribution in [0.4, 0.5) is 0 Å². The van der Waals surface area contributed by atoms with Gasteiger partial charge in [0, 0.05) is 119 Å². The molecule has 0 spiro atoms. The van der Waals surface area contributed by atoms with E-state index >= 15 is 52.7 Å². The molecule has 0 saturated carbocycles. The summed E-state index contributed by atoms with van der Waals surface area (Å²) in [6, 6.07) is 15.2. The molecule has 3 aliphatic rings. The number of likely N-dealkylation sites (N-methyl/N-ethyl adjacent to an activating group) is 3. The number of hydrogen-bond acceptors (Lipinski definition) is 23. The number of fused-ring (bicyclic) bond motifs is 4. The van der Waals surface area contributed by atoms with E-state index in [4.69, 9.17) is 17.2 Å². The Morgan fingerprint density at radius 1 is 0.513 bits per heavy atom.